The fourth-order valence-corrected chi connectivity index (χ4v) is 2.91. The lowest BCUT2D eigenvalue weighted by Crippen LogP contribution is -2.27. The molecule has 3 heterocycles. The number of rotatable bonds is 4. The first-order valence-corrected chi connectivity index (χ1v) is 6.98. The Kier molecular flexibility index (Phi) is 3.40. The lowest BCUT2D eigenvalue weighted by molar-refractivity contribution is 0.0985. The van der Waals surface area contributed by atoms with Crippen LogP contribution in [0.5, 0.6) is 0 Å². The third kappa shape index (κ3) is 2.45. The van der Waals surface area contributed by atoms with E-state index in [9.17, 15) is 4.79 Å². The summed E-state index contributed by atoms with van der Waals surface area (Å²) in [6, 6.07) is 2.30. The quantitative estimate of drug-likeness (QED) is 0.873. The van der Waals surface area contributed by atoms with Crippen LogP contribution in [0.15, 0.2) is 16.2 Å². The van der Waals surface area contributed by atoms with Crippen molar-refractivity contribution in [3.05, 3.63) is 27.6 Å². The van der Waals surface area contributed by atoms with Gasteiger partial charge in [-0.2, -0.15) is 0 Å². The first-order chi connectivity index (χ1) is 8.83. The zero-order valence-electron chi connectivity index (χ0n) is 9.94. The number of aromatic amines is 1. The van der Waals surface area contributed by atoms with Crippen LogP contribution in [-0.4, -0.2) is 29.2 Å². The molecule has 1 unspecified atom stereocenters. The molecule has 1 saturated heterocycles. The SMILES string of the molecule is O=c1[nH]c(COCC2CCCN2)nc2ccsc12. The molecule has 96 valence electrons. The van der Waals surface area contributed by atoms with E-state index in [0.29, 0.717) is 29.8 Å². The van der Waals surface area contributed by atoms with Gasteiger partial charge in [-0.05, 0) is 30.8 Å². The Hall–Kier alpha value is -1.24. The zero-order chi connectivity index (χ0) is 12.4. The highest BCUT2D eigenvalue weighted by atomic mass is 32.1. The van der Waals surface area contributed by atoms with Gasteiger partial charge in [0.25, 0.3) is 5.56 Å². The minimum atomic E-state index is -0.0763. The van der Waals surface area contributed by atoms with Gasteiger partial charge in [-0.1, -0.05) is 0 Å². The maximum Gasteiger partial charge on any atom is 0.268 e. The van der Waals surface area contributed by atoms with Gasteiger partial charge in [-0.15, -0.1) is 11.3 Å². The summed E-state index contributed by atoms with van der Waals surface area (Å²) in [6.45, 7) is 2.11. The van der Waals surface area contributed by atoms with Crippen LogP contribution in [0.3, 0.4) is 0 Å². The van der Waals surface area contributed by atoms with E-state index in [1.807, 2.05) is 11.4 Å². The van der Waals surface area contributed by atoms with Crippen molar-refractivity contribution in [2.45, 2.75) is 25.5 Å². The lowest BCUT2D eigenvalue weighted by Gasteiger charge is -2.10. The molecule has 0 bridgehead atoms. The van der Waals surface area contributed by atoms with Crippen molar-refractivity contribution in [1.29, 1.82) is 0 Å². The molecular weight excluding hydrogens is 250 g/mol. The predicted octanol–water partition coefficient (Wildman–Crippen LogP) is 1.25. The van der Waals surface area contributed by atoms with E-state index in [2.05, 4.69) is 15.3 Å². The topological polar surface area (TPSA) is 67.0 Å². The molecule has 0 spiro atoms. The summed E-state index contributed by atoms with van der Waals surface area (Å²) in [4.78, 5) is 18.9. The number of nitrogens with zero attached hydrogens (tertiary/aromatic N) is 1. The molecule has 5 nitrogen and oxygen atoms in total. The highest BCUT2D eigenvalue weighted by Crippen LogP contribution is 2.14. The molecule has 1 aliphatic heterocycles. The van der Waals surface area contributed by atoms with Crippen LogP contribution >= 0.6 is 11.3 Å². The largest absolute Gasteiger partial charge is 0.372 e. The van der Waals surface area contributed by atoms with Crippen LogP contribution in [-0.2, 0) is 11.3 Å². The van der Waals surface area contributed by atoms with Crippen molar-refractivity contribution < 1.29 is 4.74 Å². The van der Waals surface area contributed by atoms with Crippen molar-refractivity contribution in [2.24, 2.45) is 0 Å². The second kappa shape index (κ2) is 5.17. The highest BCUT2D eigenvalue weighted by Gasteiger charge is 2.14. The summed E-state index contributed by atoms with van der Waals surface area (Å²) < 4.78 is 6.27. The van der Waals surface area contributed by atoms with Gasteiger partial charge in [0.2, 0.25) is 0 Å². The van der Waals surface area contributed by atoms with Gasteiger partial charge in [0.05, 0.1) is 12.1 Å². The minimum absolute atomic E-state index is 0.0763. The fourth-order valence-electron chi connectivity index (χ4n) is 2.19. The van der Waals surface area contributed by atoms with Gasteiger partial charge >= 0.3 is 0 Å². The number of fused-ring (bicyclic) bond motifs is 1. The standard InChI is InChI=1S/C12H15N3O2S/c16-12-11-9(3-5-18-11)14-10(15-12)7-17-6-8-2-1-4-13-8/h3,5,8,13H,1-2,4,6-7H2,(H,14,15,16). The Labute approximate surface area is 108 Å². The van der Waals surface area contributed by atoms with E-state index in [0.717, 1.165) is 18.5 Å². The second-order valence-electron chi connectivity index (χ2n) is 4.46. The Morgan fingerprint density at radius 1 is 1.56 bits per heavy atom. The summed E-state index contributed by atoms with van der Waals surface area (Å²) in [6.07, 6.45) is 2.37. The summed E-state index contributed by atoms with van der Waals surface area (Å²) in [5, 5.41) is 5.24. The van der Waals surface area contributed by atoms with Crippen molar-refractivity contribution >= 4 is 21.6 Å². The Bertz CT molecular complexity index is 586. The van der Waals surface area contributed by atoms with E-state index in [4.69, 9.17) is 4.74 Å². The molecule has 0 aromatic carbocycles. The van der Waals surface area contributed by atoms with Crippen LogP contribution in [0.25, 0.3) is 10.2 Å². The molecule has 2 aromatic heterocycles. The van der Waals surface area contributed by atoms with Gasteiger partial charge in [0.1, 0.15) is 17.1 Å². The molecule has 3 rings (SSSR count). The normalized spacial score (nSPS) is 19.7. The third-order valence-electron chi connectivity index (χ3n) is 3.08. The molecule has 0 aliphatic carbocycles. The van der Waals surface area contributed by atoms with Crippen molar-refractivity contribution in [3.63, 3.8) is 0 Å². The lowest BCUT2D eigenvalue weighted by atomic mass is 10.2. The van der Waals surface area contributed by atoms with Crippen LogP contribution in [0.4, 0.5) is 0 Å². The number of hydrogen-bond acceptors (Lipinski definition) is 5. The molecule has 18 heavy (non-hydrogen) atoms. The minimum Gasteiger partial charge on any atom is -0.372 e. The number of H-pyrrole nitrogens is 1. The molecule has 0 saturated carbocycles. The van der Waals surface area contributed by atoms with Crippen LogP contribution in [0.1, 0.15) is 18.7 Å². The molecule has 1 fully saturated rings. The Morgan fingerprint density at radius 3 is 3.33 bits per heavy atom. The average Bonchev–Trinajstić information content (AvgIpc) is 2.99. The average molecular weight is 265 g/mol. The zero-order valence-corrected chi connectivity index (χ0v) is 10.8. The van der Waals surface area contributed by atoms with Gasteiger partial charge in [0.15, 0.2) is 0 Å². The first-order valence-electron chi connectivity index (χ1n) is 6.10. The smallest absolute Gasteiger partial charge is 0.268 e. The molecular formula is C12H15N3O2S. The van der Waals surface area contributed by atoms with Gasteiger partial charge in [0, 0.05) is 6.04 Å². The highest BCUT2D eigenvalue weighted by molar-refractivity contribution is 7.17. The van der Waals surface area contributed by atoms with Crippen molar-refractivity contribution in [3.8, 4) is 0 Å². The second-order valence-corrected chi connectivity index (χ2v) is 5.37. The molecule has 0 amide bonds. The molecule has 2 aromatic rings. The fraction of sp³-hybridized carbons (Fsp3) is 0.500. The first kappa shape index (κ1) is 11.8. The number of nitrogens with one attached hydrogen (secondary N) is 2. The van der Waals surface area contributed by atoms with Gasteiger partial charge in [-0.25, -0.2) is 4.98 Å². The summed E-state index contributed by atoms with van der Waals surface area (Å²) in [5.41, 5.74) is 0.675. The molecule has 1 aliphatic rings. The molecule has 2 N–H and O–H groups in total. The molecule has 1 atom stereocenters. The van der Waals surface area contributed by atoms with Crippen molar-refractivity contribution in [1.82, 2.24) is 15.3 Å². The van der Waals surface area contributed by atoms with Crippen LogP contribution in [0, 0.1) is 0 Å². The Morgan fingerprint density at radius 2 is 2.50 bits per heavy atom. The number of hydrogen-bond donors (Lipinski definition) is 2. The third-order valence-corrected chi connectivity index (χ3v) is 3.99. The van der Waals surface area contributed by atoms with E-state index in [1.54, 1.807) is 0 Å². The summed E-state index contributed by atoms with van der Waals surface area (Å²) in [7, 11) is 0. The number of thiophene rings is 1. The summed E-state index contributed by atoms with van der Waals surface area (Å²) >= 11 is 1.41. The van der Waals surface area contributed by atoms with Crippen LogP contribution in [0.2, 0.25) is 0 Å². The molecule has 0 radical (unpaired) electrons. The number of aromatic nitrogens is 2. The maximum absolute atomic E-state index is 11.7. The van der Waals surface area contributed by atoms with Gasteiger partial charge < -0.3 is 15.0 Å². The van der Waals surface area contributed by atoms with Gasteiger partial charge in [-0.3, -0.25) is 4.79 Å². The Balaban J connectivity index is 1.65. The predicted molar refractivity (Wildman–Crippen MR) is 70.9 cm³/mol. The van der Waals surface area contributed by atoms with E-state index < -0.39 is 0 Å². The number of ether oxygens (including phenoxy) is 1. The molecule has 6 heteroatoms. The van der Waals surface area contributed by atoms with E-state index in [-0.39, 0.29) is 5.56 Å². The van der Waals surface area contributed by atoms with E-state index in [1.165, 1.54) is 17.8 Å². The maximum atomic E-state index is 11.7. The monoisotopic (exact) mass is 265 g/mol. The van der Waals surface area contributed by atoms with E-state index >= 15 is 0 Å². The summed E-state index contributed by atoms with van der Waals surface area (Å²) in [5.74, 6) is 0.601. The van der Waals surface area contributed by atoms with Crippen LogP contribution < -0.4 is 10.9 Å². The van der Waals surface area contributed by atoms with Crippen molar-refractivity contribution in [2.75, 3.05) is 13.2 Å².